The van der Waals surface area contributed by atoms with Crippen molar-refractivity contribution >= 4 is 38.0 Å². The minimum absolute atomic E-state index is 0.217. The van der Waals surface area contributed by atoms with Crippen LogP contribution in [0.4, 0.5) is 16.5 Å². The van der Waals surface area contributed by atoms with Crippen LogP contribution < -0.4 is 9.47 Å². The van der Waals surface area contributed by atoms with E-state index in [-0.39, 0.29) is 5.75 Å². The largest absolute Gasteiger partial charge is 0.408 e. The lowest BCUT2D eigenvalue weighted by molar-refractivity contribution is -0.680. The Morgan fingerprint density at radius 3 is 2.44 bits per heavy atom. The van der Waals surface area contributed by atoms with Gasteiger partial charge in [-0.1, -0.05) is 0 Å². The van der Waals surface area contributed by atoms with Gasteiger partial charge in [0.2, 0.25) is 0 Å². The zero-order valence-corrected chi connectivity index (χ0v) is 16.2. The van der Waals surface area contributed by atoms with E-state index in [9.17, 15) is 8.42 Å². The van der Waals surface area contributed by atoms with Gasteiger partial charge in [0.25, 0.3) is 10.1 Å². The van der Waals surface area contributed by atoms with E-state index < -0.39 is 10.1 Å². The van der Waals surface area contributed by atoms with Crippen LogP contribution in [0.5, 0.6) is 0 Å². The van der Waals surface area contributed by atoms with Gasteiger partial charge >= 0.3 is 5.13 Å². The van der Waals surface area contributed by atoms with E-state index in [2.05, 4.69) is 10.2 Å². The number of nitrogens with zero attached hydrogens (tertiary/aromatic N) is 4. The summed E-state index contributed by atoms with van der Waals surface area (Å²) >= 11 is 1.53. The van der Waals surface area contributed by atoms with E-state index in [0.717, 1.165) is 21.4 Å². The quantitative estimate of drug-likeness (QED) is 0.327. The molecule has 2 aromatic rings. The first kappa shape index (κ1) is 19.5. The Labute approximate surface area is 152 Å². The lowest BCUT2D eigenvalue weighted by atomic mass is 10.3. The Morgan fingerprint density at radius 2 is 1.84 bits per heavy atom. The van der Waals surface area contributed by atoms with Crippen molar-refractivity contribution in [2.45, 2.75) is 26.3 Å². The van der Waals surface area contributed by atoms with E-state index in [4.69, 9.17) is 4.55 Å². The first-order chi connectivity index (χ1) is 11.7. The second-order valence-corrected chi connectivity index (χ2v) is 8.71. The van der Waals surface area contributed by atoms with Gasteiger partial charge in [-0.25, -0.2) is 4.57 Å². The van der Waals surface area contributed by atoms with Crippen LogP contribution in [-0.2, 0) is 16.7 Å². The van der Waals surface area contributed by atoms with Gasteiger partial charge in [-0.2, -0.15) is 8.42 Å². The molecule has 0 spiro atoms. The summed E-state index contributed by atoms with van der Waals surface area (Å²) in [6.07, 6.45) is 3.02. The second kappa shape index (κ2) is 8.50. The molecule has 136 valence electrons. The molecule has 1 N–H and O–H groups in total. The Balaban J connectivity index is 2.01. The molecule has 0 aliphatic heterocycles. The smallest absolute Gasteiger partial charge is 0.378 e. The normalized spacial score (nSPS) is 12.0. The molecule has 1 aromatic carbocycles. The third kappa shape index (κ3) is 6.52. The Bertz CT molecular complexity index is 828. The second-order valence-electron chi connectivity index (χ2n) is 5.92. The van der Waals surface area contributed by atoms with Crippen LogP contribution in [0.3, 0.4) is 0 Å². The molecule has 9 heteroatoms. The van der Waals surface area contributed by atoms with E-state index >= 15 is 0 Å². The predicted octanol–water partition coefficient (Wildman–Crippen LogP) is 3.49. The summed E-state index contributed by atoms with van der Waals surface area (Å²) in [5.41, 5.74) is 1.87. The number of thiazole rings is 1. The summed E-state index contributed by atoms with van der Waals surface area (Å²) in [6, 6.07) is 7.79. The molecule has 7 nitrogen and oxygen atoms in total. The maximum absolute atomic E-state index is 10.8. The first-order valence-electron chi connectivity index (χ1n) is 7.89. The maximum Gasteiger partial charge on any atom is 0.408 e. The van der Waals surface area contributed by atoms with Crippen LogP contribution in [0.2, 0.25) is 0 Å². The molecule has 0 aliphatic carbocycles. The van der Waals surface area contributed by atoms with E-state index in [1.807, 2.05) is 60.9 Å². The SMILES string of the molecule is Cc1c[n+](CCCCS(=O)(=O)O)c(N=Nc2ccc(N(C)C)cc2)s1. The molecular formula is C16H23N4O3S2+. The molecule has 1 aromatic heterocycles. The molecule has 0 radical (unpaired) electrons. The first-order valence-corrected chi connectivity index (χ1v) is 10.3. The highest BCUT2D eigenvalue weighted by Gasteiger charge is 2.15. The minimum atomic E-state index is -3.89. The van der Waals surface area contributed by atoms with Crippen LogP contribution >= 0.6 is 11.3 Å². The molecule has 1 heterocycles. The fourth-order valence-electron chi connectivity index (χ4n) is 2.23. The fourth-order valence-corrected chi connectivity index (χ4v) is 3.61. The molecule has 0 unspecified atom stereocenters. The average Bonchev–Trinajstić information content (AvgIpc) is 2.89. The van der Waals surface area contributed by atoms with Crippen LogP contribution in [0.25, 0.3) is 0 Å². The van der Waals surface area contributed by atoms with Gasteiger partial charge in [0.15, 0.2) is 0 Å². The fraction of sp³-hybridized carbons (Fsp3) is 0.438. The van der Waals surface area contributed by atoms with Crippen LogP contribution in [0, 0.1) is 6.92 Å². The van der Waals surface area contributed by atoms with Crippen molar-refractivity contribution in [1.29, 1.82) is 0 Å². The summed E-state index contributed by atoms with van der Waals surface area (Å²) < 4.78 is 32.2. The highest BCUT2D eigenvalue weighted by atomic mass is 32.2. The third-order valence-corrected chi connectivity index (χ3v) is 5.23. The Morgan fingerprint density at radius 1 is 1.16 bits per heavy atom. The monoisotopic (exact) mass is 383 g/mol. The molecule has 0 aliphatic rings. The molecule has 0 fully saturated rings. The van der Waals surface area contributed by atoms with Crippen LogP contribution in [0.1, 0.15) is 17.7 Å². The van der Waals surface area contributed by atoms with Crippen molar-refractivity contribution < 1.29 is 17.5 Å². The van der Waals surface area contributed by atoms with Gasteiger partial charge < -0.3 is 4.90 Å². The van der Waals surface area contributed by atoms with Crippen molar-refractivity contribution in [3.05, 3.63) is 35.3 Å². The molecule has 25 heavy (non-hydrogen) atoms. The number of azo groups is 1. The summed E-state index contributed by atoms with van der Waals surface area (Å²) in [7, 11) is 0.0726. The Kier molecular flexibility index (Phi) is 6.63. The topological polar surface area (TPSA) is 86.2 Å². The zero-order chi connectivity index (χ0) is 18.4. The molecule has 0 amide bonds. The Hall–Kier alpha value is -1.84. The van der Waals surface area contributed by atoms with Crippen molar-refractivity contribution in [2.24, 2.45) is 10.2 Å². The molecule has 2 rings (SSSR count). The number of unbranched alkanes of at least 4 members (excludes halogenated alkanes) is 1. The minimum Gasteiger partial charge on any atom is -0.378 e. The van der Waals surface area contributed by atoms with Gasteiger partial charge in [0.05, 0.1) is 17.4 Å². The lowest BCUT2D eigenvalue weighted by Gasteiger charge is -2.11. The van der Waals surface area contributed by atoms with Gasteiger partial charge in [0.1, 0.15) is 11.9 Å². The van der Waals surface area contributed by atoms with Gasteiger partial charge in [-0.3, -0.25) is 4.55 Å². The summed E-state index contributed by atoms with van der Waals surface area (Å²) in [4.78, 5) is 3.12. The van der Waals surface area contributed by atoms with Crippen LogP contribution in [-0.4, -0.2) is 32.8 Å². The molecular weight excluding hydrogens is 360 g/mol. The molecule has 0 atom stereocenters. The maximum atomic E-state index is 10.8. The summed E-state index contributed by atoms with van der Waals surface area (Å²) in [5, 5.41) is 9.37. The molecule has 0 bridgehead atoms. The zero-order valence-electron chi connectivity index (χ0n) is 14.6. The molecule has 0 saturated carbocycles. The summed E-state index contributed by atoms with van der Waals surface area (Å²) in [5.74, 6) is -0.217. The highest BCUT2D eigenvalue weighted by Crippen LogP contribution is 2.23. The number of hydrogen-bond acceptors (Lipinski definition) is 6. The van der Waals surface area contributed by atoms with Gasteiger partial charge in [0, 0.05) is 24.7 Å². The van der Waals surface area contributed by atoms with Crippen molar-refractivity contribution in [1.82, 2.24) is 0 Å². The third-order valence-electron chi connectivity index (χ3n) is 3.50. The van der Waals surface area contributed by atoms with E-state index in [1.54, 1.807) is 0 Å². The number of aryl methyl sites for hydroxylation is 2. The van der Waals surface area contributed by atoms with Crippen molar-refractivity contribution in [2.75, 3.05) is 24.7 Å². The summed E-state index contributed by atoms with van der Waals surface area (Å²) in [6.45, 7) is 2.62. The number of aromatic nitrogens is 1. The number of benzene rings is 1. The van der Waals surface area contributed by atoms with Crippen molar-refractivity contribution in [3.8, 4) is 0 Å². The van der Waals surface area contributed by atoms with Gasteiger partial charge in [-0.05, 0) is 60.5 Å². The number of hydrogen-bond donors (Lipinski definition) is 1. The molecule has 0 saturated heterocycles. The number of anilines is 1. The van der Waals surface area contributed by atoms with Crippen molar-refractivity contribution in [3.63, 3.8) is 0 Å². The highest BCUT2D eigenvalue weighted by molar-refractivity contribution is 7.85. The number of rotatable bonds is 8. The lowest BCUT2D eigenvalue weighted by Crippen LogP contribution is -2.31. The van der Waals surface area contributed by atoms with E-state index in [0.29, 0.717) is 19.4 Å². The average molecular weight is 384 g/mol. The van der Waals surface area contributed by atoms with E-state index in [1.165, 1.54) is 11.3 Å². The van der Waals surface area contributed by atoms with Crippen LogP contribution in [0.15, 0.2) is 40.7 Å². The predicted molar refractivity (Wildman–Crippen MR) is 99.8 cm³/mol. The standard InChI is InChI=1S/C16H22N4O3S2/c1-13-12-20(10-4-5-11-25(21,22)23)16(24-13)18-17-14-6-8-15(9-7-14)19(2)3/h6-9,12H,4-5,10-11H2,1-3H3/p+1. The van der Waals surface area contributed by atoms with Gasteiger partial charge in [-0.15, -0.1) is 0 Å².